The molecule has 3 heterocycles. The smallest absolute Gasteiger partial charge is 0.354 e. The molecular formula is C22H31F2N7O2. The van der Waals surface area contributed by atoms with Gasteiger partial charge < -0.3 is 24.9 Å². The molecule has 1 aliphatic carbocycles. The van der Waals surface area contributed by atoms with Crippen molar-refractivity contribution in [3.63, 3.8) is 0 Å². The summed E-state index contributed by atoms with van der Waals surface area (Å²) >= 11 is 0. The van der Waals surface area contributed by atoms with Crippen LogP contribution in [0.5, 0.6) is 6.01 Å². The number of piperidine rings is 1. The van der Waals surface area contributed by atoms with E-state index in [0.29, 0.717) is 59.7 Å². The quantitative estimate of drug-likeness (QED) is 0.449. The number of anilines is 1. The fourth-order valence-corrected chi connectivity index (χ4v) is 4.11. The fraction of sp³-hybridized carbons (Fsp3) is 0.591. The van der Waals surface area contributed by atoms with E-state index in [4.69, 9.17) is 20.8 Å². The number of hydrogen-bond donors (Lipinski definition) is 2. The topological polar surface area (TPSA) is 120 Å². The number of hydrogen-bond acceptors (Lipinski definition) is 9. The minimum atomic E-state index is -2.69. The highest BCUT2D eigenvalue weighted by molar-refractivity contribution is 5.65. The zero-order valence-corrected chi connectivity index (χ0v) is 19.1. The van der Waals surface area contributed by atoms with Gasteiger partial charge >= 0.3 is 6.01 Å². The van der Waals surface area contributed by atoms with Crippen molar-refractivity contribution >= 4 is 11.4 Å². The number of ether oxygens (including phenoxy) is 1. The van der Waals surface area contributed by atoms with Crippen LogP contribution in [0.3, 0.4) is 0 Å². The Balaban J connectivity index is 1.53. The number of aromatic nitrogens is 3. The molecule has 2 aliphatic rings. The van der Waals surface area contributed by atoms with Crippen molar-refractivity contribution in [3.8, 4) is 6.01 Å². The van der Waals surface area contributed by atoms with Gasteiger partial charge in [-0.2, -0.15) is 4.98 Å². The number of nitrogens with two attached hydrogens (primary N) is 2. The van der Waals surface area contributed by atoms with E-state index in [9.17, 15) is 8.78 Å². The Morgan fingerprint density at radius 1 is 1.30 bits per heavy atom. The number of rotatable bonds is 8. The molecule has 1 saturated heterocycles. The molecular weight excluding hydrogens is 432 g/mol. The summed E-state index contributed by atoms with van der Waals surface area (Å²) in [6.45, 7) is 2.23. The van der Waals surface area contributed by atoms with Gasteiger partial charge in [0.25, 0.3) is 5.92 Å². The molecule has 11 heteroatoms. The van der Waals surface area contributed by atoms with E-state index in [1.54, 1.807) is 24.1 Å². The van der Waals surface area contributed by atoms with Gasteiger partial charge in [-0.3, -0.25) is 0 Å². The SMILES string of the molecule is CCc1nc(/C(N)=C(\COc2noc(C3CCC3)n2)N(C)N)ccc1N1CCCC(F)(F)C1. The lowest BCUT2D eigenvalue weighted by molar-refractivity contribution is -0.0117. The second kappa shape index (κ2) is 9.50. The first-order chi connectivity index (χ1) is 15.8. The van der Waals surface area contributed by atoms with E-state index in [-0.39, 0.29) is 25.6 Å². The molecule has 2 fully saturated rings. The van der Waals surface area contributed by atoms with E-state index in [0.717, 1.165) is 19.3 Å². The highest BCUT2D eigenvalue weighted by Gasteiger charge is 2.36. The third kappa shape index (κ3) is 5.18. The van der Waals surface area contributed by atoms with Gasteiger partial charge in [-0.1, -0.05) is 13.3 Å². The van der Waals surface area contributed by atoms with Crippen LogP contribution in [-0.4, -0.2) is 52.8 Å². The molecule has 0 amide bonds. The third-order valence-electron chi connectivity index (χ3n) is 6.25. The Bertz CT molecular complexity index is 1000. The van der Waals surface area contributed by atoms with Crippen LogP contribution in [0, 0.1) is 0 Å². The molecule has 2 aromatic rings. The van der Waals surface area contributed by atoms with Gasteiger partial charge in [0.05, 0.1) is 35.0 Å². The van der Waals surface area contributed by atoms with Crippen molar-refractivity contribution in [2.24, 2.45) is 11.6 Å². The van der Waals surface area contributed by atoms with Crippen LogP contribution >= 0.6 is 0 Å². The number of pyridine rings is 1. The molecule has 0 radical (unpaired) electrons. The fourth-order valence-electron chi connectivity index (χ4n) is 4.11. The minimum absolute atomic E-state index is 0.0196. The third-order valence-corrected chi connectivity index (χ3v) is 6.25. The predicted molar refractivity (Wildman–Crippen MR) is 119 cm³/mol. The van der Waals surface area contributed by atoms with Crippen molar-refractivity contribution in [1.29, 1.82) is 0 Å². The molecule has 1 saturated carbocycles. The van der Waals surface area contributed by atoms with Crippen molar-refractivity contribution in [3.05, 3.63) is 35.1 Å². The van der Waals surface area contributed by atoms with Crippen LogP contribution in [-0.2, 0) is 6.42 Å². The summed E-state index contributed by atoms with van der Waals surface area (Å²) in [5.41, 5.74) is 9.13. The average Bonchev–Trinajstić information content (AvgIpc) is 3.19. The Morgan fingerprint density at radius 3 is 2.73 bits per heavy atom. The second-order valence-electron chi connectivity index (χ2n) is 8.70. The molecule has 1 aliphatic heterocycles. The van der Waals surface area contributed by atoms with Crippen molar-refractivity contribution < 1.29 is 18.0 Å². The normalized spacial score (nSPS) is 19.1. The summed E-state index contributed by atoms with van der Waals surface area (Å²) in [5, 5.41) is 5.23. The molecule has 0 aromatic carbocycles. The largest absolute Gasteiger partial charge is 0.455 e. The van der Waals surface area contributed by atoms with Gasteiger partial charge in [0.1, 0.15) is 6.61 Å². The molecule has 4 N–H and O–H groups in total. The maximum Gasteiger partial charge on any atom is 0.354 e. The van der Waals surface area contributed by atoms with E-state index in [1.807, 2.05) is 6.92 Å². The highest BCUT2D eigenvalue weighted by Crippen LogP contribution is 2.36. The van der Waals surface area contributed by atoms with Crippen molar-refractivity contribution in [2.75, 3.05) is 31.6 Å². The van der Waals surface area contributed by atoms with E-state index >= 15 is 0 Å². The Morgan fingerprint density at radius 2 is 2.09 bits per heavy atom. The van der Waals surface area contributed by atoms with Crippen LogP contribution in [0.4, 0.5) is 14.5 Å². The first-order valence-electron chi connectivity index (χ1n) is 11.3. The average molecular weight is 464 g/mol. The molecule has 0 atom stereocenters. The lowest BCUT2D eigenvalue weighted by Crippen LogP contribution is -2.43. The molecule has 2 aromatic heterocycles. The summed E-state index contributed by atoms with van der Waals surface area (Å²) in [7, 11) is 1.65. The summed E-state index contributed by atoms with van der Waals surface area (Å²) in [5.74, 6) is 4.20. The Labute approximate surface area is 191 Å². The summed E-state index contributed by atoms with van der Waals surface area (Å²) in [4.78, 5) is 10.7. The number of likely N-dealkylation sites (N-methyl/N-ethyl adjacent to an activating group) is 1. The number of halogens is 2. The zero-order chi connectivity index (χ0) is 23.6. The number of nitrogens with zero attached hydrogens (tertiary/aromatic N) is 5. The molecule has 9 nitrogen and oxygen atoms in total. The Hall–Kier alpha value is -2.95. The molecule has 0 spiro atoms. The van der Waals surface area contributed by atoms with Gasteiger partial charge in [-0.25, -0.2) is 19.6 Å². The van der Waals surface area contributed by atoms with Gasteiger partial charge in [-0.15, -0.1) is 0 Å². The first kappa shape index (κ1) is 23.2. The van der Waals surface area contributed by atoms with Gasteiger partial charge in [0.15, 0.2) is 0 Å². The van der Waals surface area contributed by atoms with Crippen LogP contribution < -0.4 is 21.2 Å². The van der Waals surface area contributed by atoms with Crippen molar-refractivity contribution in [2.45, 2.75) is 57.3 Å². The van der Waals surface area contributed by atoms with Crippen LogP contribution in [0.2, 0.25) is 0 Å². The maximum absolute atomic E-state index is 13.9. The maximum atomic E-state index is 13.9. The van der Waals surface area contributed by atoms with Crippen LogP contribution in [0.15, 0.2) is 22.4 Å². The molecule has 4 rings (SSSR count). The van der Waals surface area contributed by atoms with Gasteiger partial charge in [0, 0.05) is 25.9 Å². The standard InChI is InChI=1S/C22H31F2N7O2/c1-3-15-17(31-11-5-10-22(23,24)13-31)9-8-16(27-15)19(25)18(30(2)26)12-32-21-28-20(33-29-21)14-6-4-7-14/h8-9,14H,3-7,10-13,25-26H2,1-2H3/b19-18-. The van der Waals surface area contributed by atoms with Crippen LogP contribution in [0.1, 0.15) is 62.2 Å². The number of aryl methyl sites for hydroxylation is 1. The van der Waals surface area contributed by atoms with E-state index in [2.05, 4.69) is 15.1 Å². The minimum Gasteiger partial charge on any atom is -0.455 e. The summed E-state index contributed by atoms with van der Waals surface area (Å²) in [6, 6.07) is 3.66. The predicted octanol–water partition coefficient (Wildman–Crippen LogP) is 3.04. The summed E-state index contributed by atoms with van der Waals surface area (Å²) < 4.78 is 38.8. The van der Waals surface area contributed by atoms with E-state index in [1.165, 1.54) is 5.01 Å². The highest BCUT2D eigenvalue weighted by atomic mass is 19.3. The second-order valence-corrected chi connectivity index (χ2v) is 8.70. The van der Waals surface area contributed by atoms with Crippen molar-refractivity contribution in [1.82, 2.24) is 20.1 Å². The monoisotopic (exact) mass is 463 g/mol. The van der Waals surface area contributed by atoms with Gasteiger partial charge in [0.2, 0.25) is 5.89 Å². The van der Waals surface area contributed by atoms with E-state index < -0.39 is 5.92 Å². The lowest BCUT2D eigenvalue weighted by atomic mass is 9.85. The molecule has 33 heavy (non-hydrogen) atoms. The number of alkyl halides is 2. The zero-order valence-electron chi connectivity index (χ0n) is 19.1. The molecule has 180 valence electrons. The molecule has 0 bridgehead atoms. The lowest BCUT2D eigenvalue weighted by Gasteiger charge is -2.35. The Kier molecular flexibility index (Phi) is 6.68. The summed E-state index contributed by atoms with van der Waals surface area (Å²) in [6.07, 6.45) is 4.19. The first-order valence-corrected chi connectivity index (χ1v) is 11.3. The van der Waals surface area contributed by atoms with Crippen LogP contribution in [0.25, 0.3) is 5.70 Å². The van der Waals surface area contributed by atoms with Gasteiger partial charge in [-0.05, 0) is 43.0 Å². The number of hydrazine groups is 1. The molecule has 0 unspecified atom stereocenters.